The van der Waals surface area contributed by atoms with Crippen molar-refractivity contribution in [3.8, 4) is 10.6 Å². The molecule has 68 valence electrons. The molecule has 0 radical (unpaired) electrons. The van der Waals surface area contributed by atoms with E-state index in [4.69, 9.17) is 0 Å². The third-order valence-electron chi connectivity index (χ3n) is 1.50. The van der Waals surface area contributed by atoms with E-state index in [-0.39, 0.29) is 12.4 Å². The molecule has 4 heteroatoms. The summed E-state index contributed by atoms with van der Waals surface area (Å²) in [6.45, 7) is 0. The molecule has 13 heavy (non-hydrogen) atoms. The Morgan fingerprint density at radius 2 is 2.15 bits per heavy atom. The first-order valence-corrected chi connectivity index (χ1v) is 5.19. The largest absolute Gasteiger partial charge is 0.245 e. The topological polar surface area (TPSA) is 12.9 Å². The molecule has 0 saturated heterocycles. The van der Waals surface area contributed by atoms with Gasteiger partial charge >= 0.3 is 0 Å². The number of benzene rings is 1. The number of thiazole rings is 1. The number of aromatic nitrogens is 1. The number of nitrogens with zero attached hydrogens (tertiary/aromatic N) is 1. The van der Waals surface area contributed by atoms with E-state index in [1.165, 1.54) is 5.56 Å². The van der Waals surface area contributed by atoms with Crippen molar-refractivity contribution in [2.75, 3.05) is 0 Å². The van der Waals surface area contributed by atoms with Crippen LogP contribution in [-0.4, -0.2) is 4.98 Å². The highest BCUT2D eigenvalue weighted by Crippen LogP contribution is 2.24. The molecule has 1 heterocycles. The van der Waals surface area contributed by atoms with Crippen molar-refractivity contribution in [2.45, 2.75) is 0 Å². The molecular formula is C9H7BrClNS. The number of rotatable bonds is 1. The van der Waals surface area contributed by atoms with Crippen LogP contribution in [0, 0.1) is 0 Å². The number of hydrogen-bond acceptors (Lipinski definition) is 2. The van der Waals surface area contributed by atoms with Crippen molar-refractivity contribution < 1.29 is 0 Å². The van der Waals surface area contributed by atoms with Crippen LogP contribution in [0.25, 0.3) is 10.6 Å². The van der Waals surface area contributed by atoms with Crippen molar-refractivity contribution >= 4 is 39.7 Å². The molecule has 0 aliphatic rings. The lowest BCUT2D eigenvalue weighted by atomic mass is 10.2. The summed E-state index contributed by atoms with van der Waals surface area (Å²) >= 11 is 5.08. The quantitative estimate of drug-likeness (QED) is 0.767. The van der Waals surface area contributed by atoms with Crippen molar-refractivity contribution in [2.24, 2.45) is 0 Å². The first kappa shape index (κ1) is 10.7. The molecule has 0 atom stereocenters. The molecule has 0 amide bonds. The van der Waals surface area contributed by atoms with Gasteiger partial charge in [-0.2, -0.15) is 0 Å². The highest BCUT2D eigenvalue weighted by molar-refractivity contribution is 9.10. The Morgan fingerprint density at radius 1 is 1.31 bits per heavy atom. The smallest absolute Gasteiger partial charge is 0.123 e. The van der Waals surface area contributed by atoms with Gasteiger partial charge in [0.2, 0.25) is 0 Å². The van der Waals surface area contributed by atoms with Gasteiger partial charge in [0, 0.05) is 21.6 Å². The highest BCUT2D eigenvalue weighted by atomic mass is 79.9. The van der Waals surface area contributed by atoms with Crippen LogP contribution in [0.1, 0.15) is 0 Å². The van der Waals surface area contributed by atoms with E-state index < -0.39 is 0 Å². The lowest BCUT2D eigenvalue weighted by Gasteiger charge is -1.95. The van der Waals surface area contributed by atoms with E-state index in [0.29, 0.717) is 0 Å². The minimum absolute atomic E-state index is 0. The average Bonchev–Trinajstić information content (AvgIpc) is 2.56. The van der Waals surface area contributed by atoms with Gasteiger partial charge < -0.3 is 0 Å². The summed E-state index contributed by atoms with van der Waals surface area (Å²) < 4.78 is 1.09. The average molecular weight is 277 g/mol. The summed E-state index contributed by atoms with van der Waals surface area (Å²) in [4.78, 5) is 4.23. The monoisotopic (exact) mass is 275 g/mol. The summed E-state index contributed by atoms with van der Waals surface area (Å²) in [5, 5.41) is 3.05. The van der Waals surface area contributed by atoms with Gasteiger partial charge in [-0.3, -0.25) is 0 Å². The first-order chi connectivity index (χ1) is 5.86. The van der Waals surface area contributed by atoms with Gasteiger partial charge in [-0.25, -0.2) is 4.98 Å². The Balaban J connectivity index is 0.000000845. The van der Waals surface area contributed by atoms with Crippen LogP contribution in [0.2, 0.25) is 0 Å². The second kappa shape index (κ2) is 4.74. The maximum atomic E-state index is 4.23. The Bertz CT molecular complexity index is 375. The molecule has 0 saturated carbocycles. The Labute approximate surface area is 95.4 Å². The highest BCUT2D eigenvalue weighted by Gasteiger charge is 1.98. The standard InChI is InChI=1S/C9H6BrNS.ClH/c10-8-3-1-2-7(6-8)9-11-4-5-12-9;/h1-6H;1H. The number of hydrogen-bond donors (Lipinski definition) is 0. The zero-order chi connectivity index (χ0) is 8.39. The Hall–Kier alpha value is -0.380. The van der Waals surface area contributed by atoms with E-state index in [0.717, 1.165) is 9.48 Å². The molecule has 0 N–H and O–H groups in total. The molecule has 0 spiro atoms. The summed E-state index contributed by atoms with van der Waals surface area (Å²) in [5.41, 5.74) is 1.17. The molecule has 1 aromatic carbocycles. The maximum Gasteiger partial charge on any atom is 0.123 e. The van der Waals surface area contributed by atoms with Crippen LogP contribution in [0.15, 0.2) is 40.3 Å². The fraction of sp³-hybridized carbons (Fsp3) is 0. The zero-order valence-electron chi connectivity index (χ0n) is 6.61. The second-order valence-corrected chi connectivity index (χ2v) is 4.16. The fourth-order valence-corrected chi connectivity index (χ4v) is 2.02. The van der Waals surface area contributed by atoms with Gasteiger partial charge in [-0.15, -0.1) is 23.7 Å². The summed E-state index contributed by atoms with van der Waals surface area (Å²) in [6.07, 6.45) is 1.82. The van der Waals surface area contributed by atoms with Crippen molar-refractivity contribution in [3.63, 3.8) is 0 Å². The molecule has 1 nitrogen and oxygen atoms in total. The zero-order valence-corrected chi connectivity index (χ0v) is 9.82. The molecule has 0 unspecified atom stereocenters. The van der Waals surface area contributed by atoms with E-state index in [9.17, 15) is 0 Å². The van der Waals surface area contributed by atoms with Crippen LogP contribution in [-0.2, 0) is 0 Å². The summed E-state index contributed by atoms with van der Waals surface area (Å²) in [6, 6.07) is 8.15. The molecule has 0 fully saturated rings. The van der Waals surface area contributed by atoms with Crippen molar-refractivity contribution in [1.82, 2.24) is 4.98 Å². The molecule has 2 rings (SSSR count). The molecule has 0 aliphatic heterocycles. The normalized spacial score (nSPS) is 9.31. The number of halogens is 2. The fourth-order valence-electron chi connectivity index (χ4n) is 0.988. The van der Waals surface area contributed by atoms with Gasteiger partial charge in [0.1, 0.15) is 5.01 Å². The van der Waals surface area contributed by atoms with Crippen LogP contribution in [0.4, 0.5) is 0 Å². The summed E-state index contributed by atoms with van der Waals surface area (Å²) in [7, 11) is 0. The van der Waals surface area contributed by atoms with E-state index in [1.807, 2.05) is 23.7 Å². The second-order valence-electron chi connectivity index (χ2n) is 2.35. The van der Waals surface area contributed by atoms with Gasteiger partial charge in [0.25, 0.3) is 0 Å². The van der Waals surface area contributed by atoms with E-state index in [2.05, 4.69) is 33.0 Å². The predicted octanol–water partition coefficient (Wildman–Crippen LogP) is 3.99. The molecule has 0 bridgehead atoms. The third kappa shape index (κ3) is 2.53. The lowest BCUT2D eigenvalue weighted by molar-refractivity contribution is 1.41. The first-order valence-electron chi connectivity index (χ1n) is 3.52. The lowest BCUT2D eigenvalue weighted by Crippen LogP contribution is -1.73. The van der Waals surface area contributed by atoms with Crippen molar-refractivity contribution in [3.05, 3.63) is 40.3 Å². The minimum Gasteiger partial charge on any atom is -0.245 e. The Kier molecular flexibility index (Phi) is 3.90. The SMILES string of the molecule is Brc1cccc(-c2nccs2)c1.Cl. The van der Waals surface area contributed by atoms with Crippen LogP contribution < -0.4 is 0 Å². The summed E-state index contributed by atoms with van der Waals surface area (Å²) in [5.74, 6) is 0. The van der Waals surface area contributed by atoms with Gasteiger partial charge in [0.05, 0.1) is 0 Å². The molecule has 2 aromatic rings. The van der Waals surface area contributed by atoms with Crippen molar-refractivity contribution in [1.29, 1.82) is 0 Å². The van der Waals surface area contributed by atoms with Gasteiger partial charge in [0.15, 0.2) is 0 Å². The van der Waals surface area contributed by atoms with Crippen LogP contribution >= 0.6 is 39.7 Å². The third-order valence-corrected chi connectivity index (χ3v) is 2.82. The minimum atomic E-state index is 0. The molecule has 1 aromatic heterocycles. The van der Waals surface area contributed by atoms with Crippen LogP contribution in [0.3, 0.4) is 0 Å². The molecule has 0 aliphatic carbocycles. The van der Waals surface area contributed by atoms with E-state index in [1.54, 1.807) is 11.3 Å². The maximum absolute atomic E-state index is 4.23. The van der Waals surface area contributed by atoms with Gasteiger partial charge in [-0.1, -0.05) is 28.1 Å². The van der Waals surface area contributed by atoms with Gasteiger partial charge in [-0.05, 0) is 12.1 Å². The van der Waals surface area contributed by atoms with Crippen LogP contribution in [0.5, 0.6) is 0 Å². The predicted molar refractivity (Wildman–Crippen MR) is 62.5 cm³/mol. The van der Waals surface area contributed by atoms with E-state index >= 15 is 0 Å². The molecular weight excluding hydrogens is 270 g/mol. The Morgan fingerprint density at radius 3 is 2.77 bits per heavy atom.